The Morgan fingerprint density at radius 3 is 2.82 bits per heavy atom. The molecule has 2 aliphatic rings. The van der Waals surface area contributed by atoms with Gasteiger partial charge in [-0.3, -0.25) is 0 Å². The predicted octanol–water partition coefficient (Wildman–Crippen LogP) is 2.00. The van der Waals surface area contributed by atoms with E-state index in [-0.39, 0.29) is 17.8 Å². The van der Waals surface area contributed by atoms with Crippen LogP contribution < -0.4 is 9.47 Å². The molecule has 2 heterocycles. The normalized spacial score (nSPS) is 21.3. The lowest BCUT2D eigenvalue weighted by atomic mass is 10.1. The van der Waals surface area contributed by atoms with Crippen molar-refractivity contribution in [2.45, 2.75) is 36.7 Å². The first-order valence-corrected chi connectivity index (χ1v) is 8.99. The lowest BCUT2D eigenvalue weighted by Crippen LogP contribution is -2.31. The highest BCUT2D eigenvalue weighted by atomic mass is 32.2. The summed E-state index contributed by atoms with van der Waals surface area (Å²) in [5, 5.41) is 0. The van der Waals surface area contributed by atoms with Crippen molar-refractivity contribution in [1.29, 1.82) is 0 Å². The Kier molecular flexibility index (Phi) is 4.56. The highest BCUT2D eigenvalue weighted by Gasteiger charge is 2.25. The Morgan fingerprint density at radius 2 is 2.05 bits per heavy atom. The van der Waals surface area contributed by atoms with Gasteiger partial charge < -0.3 is 14.2 Å². The van der Waals surface area contributed by atoms with E-state index < -0.39 is 10.0 Å². The summed E-state index contributed by atoms with van der Waals surface area (Å²) in [5.74, 6) is 1.06. The van der Waals surface area contributed by atoms with Crippen LogP contribution in [-0.2, 0) is 14.8 Å². The van der Waals surface area contributed by atoms with Gasteiger partial charge in [0.25, 0.3) is 0 Å². The summed E-state index contributed by atoms with van der Waals surface area (Å²) in [6.07, 6.45) is 4.16. The van der Waals surface area contributed by atoms with Crippen LogP contribution in [0, 0.1) is 0 Å². The number of rotatable bonds is 5. The van der Waals surface area contributed by atoms with Crippen molar-refractivity contribution in [2.24, 2.45) is 0 Å². The summed E-state index contributed by atoms with van der Waals surface area (Å²) in [6.45, 7) is 1.36. The van der Waals surface area contributed by atoms with Crippen LogP contribution in [0.25, 0.3) is 0 Å². The van der Waals surface area contributed by atoms with Gasteiger partial charge in [0.05, 0.1) is 11.0 Å². The standard InChI is InChI=1S/C15H21NO5S/c1-16(8-7-12-4-2-3-9-19-12)22(17,18)13-5-6-14-15(10-13)21-11-20-14/h5-6,10,12H,2-4,7-9,11H2,1H3. The van der Waals surface area contributed by atoms with Crippen molar-refractivity contribution in [3.05, 3.63) is 18.2 Å². The van der Waals surface area contributed by atoms with Gasteiger partial charge >= 0.3 is 0 Å². The minimum atomic E-state index is -3.52. The first-order valence-electron chi connectivity index (χ1n) is 7.55. The van der Waals surface area contributed by atoms with Gasteiger partial charge in [0.1, 0.15) is 0 Å². The maximum Gasteiger partial charge on any atom is 0.242 e. The van der Waals surface area contributed by atoms with Crippen LogP contribution in [0.4, 0.5) is 0 Å². The molecule has 1 saturated heterocycles. The van der Waals surface area contributed by atoms with Crippen molar-refractivity contribution in [3.8, 4) is 11.5 Å². The largest absolute Gasteiger partial charge is 0.454 e. The molecular weight excluding hydrogens is 306 g/mol. The van der Waals surface area contributed by atoms with Crippen LogP contribution >= 0.6 is 0 Å². The number of sulfonamides is 1. The molecule has 0 bridgehead atoms. The average molecular weight is 327 g/mol. The van der Waals surface area contributed by atoms with Gasteiger partial charge in [-0.05, 0) is 37.8 Å². The Balaban J connectivity index is 1.66. The fraction of sp³-hybridized carbons (Fsp3) is 0.600. The summed E-state index contributed by atoms with van der Waals surface area (Å²) in [6, 6.07) is 4.70. The van der Waals surface area contributed by atoms with E-state index in [9.17, 15) is 8.42 Å². The molecule has 122 valence electrons. The van der Waals surface area contributed by atoms with E-state index in [0.717, 1.165) is 32.3 Å². The summed E-state index contributed by atoms with van der Waals surface area (Å²) >= 11 is 0. The maximum atomic E-state index is 12.6. The molecule has 1 unspecified atom stereocenters. The zero-order chi connectivity index (χ0) is 15.6. The van der Waals surface area contributed by atoms with E-state index in [2.05, 4.69) is 0 Å². The molecule has 0 spiro atoms. The Bertz CT molecular complexity index is 625. The van der Waals surface area contributed by atoms with Gasteiger partial charge in [-0.1, -0.05) is 0 Å². The molecule has 1 atom stereocenters. The molecule has 2 aliphatic heterocycles. The van der Waals surface area contributed by atoms with Crippen molar-refractivity contribution in [3.63, 3.8) is 0 Å². The van der Waals surface area contributed by atoms with Crippen molar-refractivity contribution in [1.82, 2.24) is 4.31 Å². The van der Waals surface area contributed by atoms with E-state index in [1.807, 2.05) is 0 Å². The molecular formula is C15H21NO5S. The second kappa shape index (κ2) is 6.44. The lowest BCUT2D eigenvalue weighted by molar-refractivity contribution is 0.00950. The van der Waals surface area contributed by atoms with Crippen LogP contribution in [0.5, 0.6) is 11.5 Å². The number of fused-ring (bicyclic) bond motifs is 1. The second-order valence-corrected chi connectivity index (χ2v) is 7.66. The topological polar surface area (TPSA) is 65.1 Å². The van der Waals surface area contributed by atoms with Crippen molar-refractivity contribution in [2.75, 3.05) is 27.0 Å². The van der Waals surface area contributed by atoms with Crippen LogP contribution in [0.1, 0.15) is 25.7 Å². The third-order valence-electron chi connectivity index (χ3n) is 4.09. The first-order chi connectivity index (χ1) is 10.6. The van der Waals surface area contributed by atoms with Gasteiger partial charge in [-0.25, -0.2) is 12.7 Å². The summed E-state index contributed by atoms with van der Waals surface area (Å²) in [7, 11) is -1.92. The predicted molar refractivity (Wildman–Crippen MR) is 80.6 cm³/mol. The fourth-order valence-electron chi connectivity index (χ4n) is 2.70. The zero-order valence-electron chi connectivity index (χ0n) is 12.7. The molecule has 22 heavy (non-hydrogen) atoms. The molecule has 1 aromatic rings. The van der Waals surface area contributed by atoms with Gasteiger partial charge in [-0.15, -0.1) is 0 Å². The fourth-order valence-corrected chi connectivity index (χ4v) is 3.90. The summed E-state index contributed by atoms with van der Waals surface area (Å²) < 4.78 is 42.7. The molecule has 0 aliphatic carbocycles. The van der Waals surface area contributed by atoms with E-state index >= 15 is 0 Å². The monoisotopic (exact) mass is 327 g/mol. The van der Waals surface area contributed by atoms with Crippen LogP contribution in [-0.4, -0.2) is 45.8 Å². The SMILES string of the molecule is CN(CCC1CCCCO1)S(=O)(=O)c1ccc2c(c1)OCO2. The number of benzene rings is 1. The van der Waals surface area contributed by atoms with E-state index in [1.165, 1.54) is 10.4 Å². The van der Waals surface area contributed by atoms with E-state index in [4.69, 9.17) is 14.2 Å². The number of nitrogens with zero attached hydrogens (tertiary/aromatic N) is 1. The minimum Gasteiger partial charge on any atom is -0.454 e. The van der Waals surface area contributed by atoms with Gasteiger partial charge in [0, 0.05) is 26.3 Å². The third-order valence-corrected chi connectivity index (χ3v) is 5.95. The van der Waals surface area contributed by atoms with Gasteiger partial charge in [0.2, 0.25) is 16.8 Å². The first kappa shape index (κ1) is 15.6. The lowest BCUT2D eigenvalue weighted by Gasteiger charge is -2.25. The quantitative estimate of drug-likeness (QED) is 0.827. The molecule has 0 saturated carbocycles. The van der Waals surface area contributed by atoms with Gasteiger partial charge in [-0.2, -0.15) is 0 Å². The molecule has 1 aromatic carbocycles. The Labute approximate surface area is 131 Å². The number of ether oxygens (including phenoxy) is 3. The van der Waals surface area contributed by atoms with Gasteiger partial charge in [0.15, 0.2) is 11.5 Å². The highest BCUT2D eigenvalue weighted by molar-refractivity contribution is 7.89. The Morgan fingerprint density at radius 1 is 1.23 bits per heavy atom. The van der Waals surface area contributed by atoms with E-state index in [0.29, 0.717) is 18.0 Å². The van der Waals surface area contributed by atoms with Crippen LogP contribution in [0.15, 0.2) is 23.1 Å². The number of hydrogen-bond donors (Lipinski definition) is 0. The molecule has 3 rings (SSSR count). The zero-order valence-corrected chi connectivity index (χ0v) is 13.5. The van der Waals surface area contributed by atoms with Crippen LogP contribution in [0.3, 0.4) is 0 Å². The molecule has 6 nitrogen and oxygen atoms in total. The molecule has 7 heteroatoms. The van der Waals surface area contributed by atoms with Crippen molar-refractivity contribution < 1.29 is 22.6 Å². The van der Waals surface area contributed by atoms with Crippen molar-refractivity contribution >= 4 is 10.0 Å². The summed E-state index contributed by atoms with van der Waals surface area (Å²) in [4.78, 5) is 0.226. The molecule has 0 radical (unpaired) electrons. The van der Waals surface area contributed by atoms with Crippen LogP contribution in [0.2, 0.25) is 0 Å². The Hall–Kier alpha value is -1.31. The maximum absolute atomic E-state index is 12.6. The molecule has 0 amide bonds. The highest BCUT2D eigenvalue weighted by Crippen LogP contribution is 2.34. The smallest absolute Gasteiger partial charge is 0.242 e. The average Bonchev–Trinajstić information content (AvgIpc) is 3.01. The minimum absolute atomic E-state index is 0.133. The second-order valence-electron chi connectivity index (χ2n) is 5.62. The molecule has 1 fully saturated rings. The number of hydrogen-bond acceptors (Lipinski definition) is 5. The molecule has 0 aromatic heterocycles. The third kappa shape index (κ3) is 3.21. The molecule has 0 N–H and O–H groups in total. The van der Waals surface area contributed by atoms with E-state index in [1.54, 1.807) is 19.2 Å². The summed E-state index contributed by atoms with van der Waals surface area (Å²) in [5.41, 5.74) is 0.